The van der Waals surface area contributed by atoms with Crippen LogP contribution in [0.2, 0.25) is 5.02 Å². The van der Waals surface area contributed by atoms with Crippen LogP contribution in [0.15, 0.2) is 22.7 Å². The summed E-state index contributed by atoms with van der Waals surface area (Å²) in [6.07, 6.45) is 1.94. The van der Waals surface area contributed by atoms with Crippen molar-refractivity contribution in [1.29, 1.82) is 0 Å². The van der Waals surface area contributed by atoms with Crippen LogP contribution >= 0.6 is 39.9 Å². The average molecular weight is 354 g/mol. The van der Waals surface area contributed by atoms with Gasteiger partial charge in [0.1, 0.15) is 0 Å². The van der Waals surface area contributed by atoms with Gasteiger partial charge < -0.3 is 10.6 Å². The second-order valence-electron chi connectivity index (χ2n) is 4.28. The number of hydrogen-bond donors (Lipinski definition) is 1. The summed E-state index contributed by atoms with van der Waals surface area (Å²) in [5.74, 6) is -0.0357. The summed E-state index contributed by atoms with van der Waals surface area (Å²) in [5.41, 5.74) is 6.41. The van der Waals surface area contributed by atoms with E-state index in [-0.39, 0.29) is 24.4 Å². The first kappa shape index (κ1) is 15.8. The van der Waals surface area contributed by atoms with Gasteiger partial charge in [-0.25, -0.2) is 0 Å². The van der Waals surface area contributed by atoms with Gasteiger partial charge in [0.25, 0.3) is 5.91 Å². The topological polar surface area (TPSA) is 46.3 Å². The summed E-state index contributed by atoms with van der Waals surface area (Å²) >= 11 is 9.39. The number of halogens is 3. The molecule has 0 unspecified atom stereocenters. The zero-order valence-electron chi connectivity index (χ0n) is 9.73. The SMILES string of the molecule is Cl.N[C@@H]1CCCN(C(=O)c2cc(Br)ccc2Cl)C1. The van der Waals surface area contributed by atoms with Gasteiger partial charge >= 0.3 is 0 Å². The third kappa shape index (κ3) is 3.60. The Morgan fingerprint density at radius 3 is 2.89 bits per heavy atom. The van der Waals surface area contributed by atoms with Crippen LogP contribution in [-0.4, -0.2) is 29.9 Å². The van der Waals surface area contributed by atoms with Crippen LogP contribution in [0, 0.1) is 0 Å². The number of amides is 1. The van der Waals surface area contributed by atoms with E-state index in [1.54, 1.807) is 17.0 Å². The van der Waals surface area contributed by atoms with Gasteiger partial charge in [-0.1, -0.05) is 27.5 Å². The molecule has 1 heterocycles. The molecule has 6 heteroatoms. The van der Waals surface area contributed by atoms with Crippen LogP contribution in [-0.2, 0) is 0 Å². The lowest BCUT2D eigenvalue weighted by atomic mass is 10.1. The molecule has 1 atom stereocenters. The number of rotatable bonds is 1. The van der Waals surface area contributed by atoms with Crippen LogP contribution < -0.4 is 5.73 Å². The van der Waals surface area contributed by atoms with E-state index >= 15 is 0 Å². The van der Waals surface area contributed by atoms with Crippen molar-refractivity contribution in [2.45, 2.75) is 18.9 Å². The smallest absolute Gasteiger partial charge is 0.255 e. The van der Waals surface area contributed by atoms with Crippen molar-refractivity contribution in [2.75, 3.05) is 13.1 Å². The summed E-state index contributed by atoms with van der Waals surface area (Å²) in [6, 6.07) is 5.38. The number of carbonyl (C=O) groups is 1. The first-order chi connectivity index (χ1) is 8.08. The number of hydrogen-bond acceptors (Lipinski definition) is 2. The molecule has 18 heavy (non-hydrogen) atoms. The van der Waals surface area contributed by atoms with Gasteiger partial charge in [-0.3, -0.25) is 4.79 Å². The van der Waals surface area contributed by atoms with Crippen molar-refractivity contribution in [3.05, 3.63) is 33.3 Å². The molecule has 0 saturated carbocycles. The monoisotopic (exact) mass is 352 g/mol. The number of piperidine rings is 1. The minimum atomic E-state index is -0.0357. The third-order valence-electron chi connectivity index (χ3n) is 2.90. The Labute approximate surface area is 126 Å². The molecule has 0 bridgehead atoms. The maximum Gasteiger partial charge on any atom is 0.255 e. The molecule has 3 nitrogen and oxygen atoms in total. The molecule has 1 saturated heterocycles. The molecule has 2 N–H and O–H groups in total. The van der Waals surface area contributed by atoms with E-state index < -0.39 is 0 Å². The molecule has 1 aromatic carbocycles. The lowest BCUT2D eigenvalue weighted by molar-refractivity contribution is 0.0709. The van der Waals surface area contributed by atoms with Gasteiger partial charge in [0.2, 0.25) is 0 Å². The molecule has 100 valence electrons. The molecule has 0 radical (unpaired) electrons. The van der Waals surface area contributed by atoms with E-state index in [1.165, 1.54) is 0 Å². The van der Waals surface area contributed by atoms with Crippen molar-refractivity contribution in [3.63, 3.8) is 0 Å². The van der Waals surface area contributed by atoms with Crippen molar-refractivity contribution < 1.29 is 4.79 Å². The van der Waals surface area contributed by atoms with Crippen molar-refractivity contribution in [3.8, 4) is 0 Å². The number of benzene rings is 1. The molecule has 0 spiro atoms. The number of nitrogens with zero attached hydrogens (tertiary/aromatic N) is 1. The zero-order valence-corrected chi connectivity index (χ0v) is 12.9. The highest BCUT2D eigenvalue weighted by Gasteiger charge is 2.23. The Bertz CT molecular complexity index is 442. The lowest BCUT2D eigenvalue weighted by Gasteiger charge is -2.31. The first-order valence-corrected chi connectivity index (χ1v) is 6.75. The summed E-state index contributed by atoms with van der Waals surface area (Å²) in [5, 5.41) is 0.484. The summed E-state index contributed by atoms with van der Waals surface area (Å²) in [6.45, 7) is 1.37. The fourth-order valence-corrected chi connectivity index (χ4v) is 2.59. The highest BCUT2D eigenvalue weighted by atomic mass is 79.9. The molecular formula is C12H15BrCl2N2O. The predicted octanol–water partition coefficient (Wildman–Crippen LogP) is 3.09. The Hall–Kier alpha value is -0.290. The Morgan fingerprint density at radius 2 is 2.22 bits per heavy atom. The van der Waals surface area contributed by atoms with E-state index in [9.17, 15) is 4.79 Å². The van der Waals surface area contributed by atoms with E-state index in [1.807, 2.05) is 6.07 Å². The number of likely N-dealkylation sites (tertiary alicyclic amines) is 1. The fraction of sp³-hybridized carbons (Fsp3) is 0.417. The standard InChI is InChI=1S/C12H14BrClN2O.ClH/c13-8-3-4-11(14)10(6-8)12(17)16-5-1-2-9(15)7-16;/h3-4,6,9H,1-2,5,7,15H2;1H/t9-;/m1./s1. The molecule has 1 aliphatic heterocycles. The van der Waals surface area contributed by atoms with E-state index in [4.69, 9.17) is 17.3 Å². The molecular weight excluding hydrogens is 339 g/mol. The zero-order chi connectivity index (χ0) is 12.4. The second-order valence-corrected chi connectivity index (χ2v) is 5.60. The highest BCUT2D eigenvalue weighted by molar-refractivity contribution is 9.10. The minimum Gasteiger partial charge on any atom is -0.337 e. The quantitative estimate of drug-likeness (QED) is 0.843. The fourth-order valence-electron chi connectivity index (χ4n) is 2.03. The average Bonchev–Trinajstić information content (AvgIpc) is 2.31. The van der Waals surface area contributed by atoms with Crippen molar-refractivity contribution in [1.82, 2.24) is 4.90 Å². The maximum atomic E-state index is 12.3. The molecule has 0 aliphatic carbocycles. The van der Waals surface area contributed by atoms with E-state index in [0.717, 1.165) is 23.9 Å². The van der Waals surface area contributed by atoms with Crippen molar-refractivity contribution in [2.24, 2.45) is 5.73 Å². The lowest BCUT2D eigenvalue weighted by Crippen LogP contribution is -2.45. The normalized spacial score (nSPS) is 19.3. The Morgan fingerprint density at radius 1 is 1.50 bits per heavy atom. The second kappa shape index (κ2) is 6.75. The molecule has 1 aromatic rings. The summed E-state index contributed by atoms with van der Waals surface area (Å²) < 4.78 is 0.853. The molecule has 2 rings (SSSR count). The maximum absolute atomic E-state index is 12.3. The number of carbonyl (C=O) groups excluding carboxylic acids is 1. The van der Waals surface area contributed by atoms with Gasteiger partial charge in [0.15, 0.2) is 0 Å². The Balaban J connectivity index is 0.00000162. The minimum absolute atomic E-state index is 0. The Kier molecular flexibility index (Phi) is 5.92. The van der Waals surface area contributed by atoms with Crippen LogP contribution in [0.1, 0.15) is 23.2 Å². The van der Waals surface area contributed by atoms with Gasteiger partial charge in [-0.2, -0.15) is 0 Å². The molecule has 0 aromatic heterocycles. The molecule has 1 amide bonds. The summed E-state index contributed by atoms with van der Waals surface area (Å²) in [4.78, 5) is 14.1. The van der Waals surface area contributed by atoms with Crippen LogP contribution in [0.4, 0.5) is 0 Å². The first-order valence-electron chi connectivity index (χ1n) is 5.58. The van der Waals surface area contributed by atoms with Crippen LogP contribution in [0.5, 0.6) is 0 Å². The van der Waals surface area contributed by atoms with Gasteiger partial charge in [-0.15, -0.1) is 12.4 Å². The van der Waals surface area contributed by atoms with Crippen LogP contribution in [0.25, 0.3) is 0 Å². The van der Waals surface area contributed by atoms with Crippen molar-refractivity contribution >= 4 is 45.8 Å². The van der Waals surface area contributed by atoms with Gasteiger partial charge in [0.05, 0.1) is 10.6 Å². The molecule has 1 fully saturated rings. The predicted molar refractivity (Wildman–Crippen MR) is 79.5 cm³/mol. The van der Waals surface area contributed by atoms with Crippen LogP contribution in [0.3, 0.4) is 0 Å². The third-order valence-corrected chi connectivity index (χ3v) is 3.73. The molecule has 1 aliphatic rings. The van der Waals surface area contributed by atoms with E-state index in [2.05, 4.69) is 15.9 Å². The van der Waals surface area contributed by atoms with Gasteiger partial charge in [-0.05, 0) is 31.0 Å². The summed E-state index contributed by atoms with van der Waals surface area (Å²) in [7, 11) is 0. The van der Waals surface area contributed by atoms with E-state index in [0.29, 0.717) is 17.1 Å². The van der Waals surface area contributed by atoms with Gasteiger partial charge in [0, 0.05) is 23.6 Å². The number of nitrogens with two attached hydrogens (primary N) is 1. The largest absolute Gasteiger partial charge is 0.337 e. The highest BCUT2D eigenvalue weighted by Crippen LogP contribution is 2.23.